The average molecular weight is 257 g/mol. The lowest BCUT2D eigenvalue weighted by Gasteiger charge is -2.27. The van der Waals surface area contributed by atoms with Crippen LogP contribution in [0.1, 0.15) is 37.6 Å². The van der Waals surface area contributed by atoms with Crippen LogP contribution in [0.3, 0.4) is 0 Å². The van der Waals surface area contributed by atoms with E-state index in [-0.39, 0.29) is 0 Å². The van der Waals surface area contributed by atoms with Crippen molar-refractivity contribution < 1.29 is 0 Å². The highest BCUT2D eigenvalue weighted by Crippen LogP contribution is 2.20. The minimum absolute atomic E-state index is 0.766. The van der Waals surface area contributed by atoms with Gasteiger partial charge in [0, 0.05) is 20.1 Å². The molecule has 0 atom stereocenters. The number of aromatic nitrogens is 2. The van der Waals surface area contributed by atoms with Gasteiger partial charge in [-0.15, -0.1) is 0 Å². The maximum Gasteiger partial charge on any atom is 0.0863 e. The molecule has 1 aliphatic heterocycles. The third-order valence-corrected chi connectivity index (χ3v) is 3.77. The summed E-state index contributed by atoms with van der Waals surface area (Å²) in [5, 5.41) is 7.53. The topological polar surface area (TPSA) is 33.1 Å². The number of aryl methyl sites for hydroxylation is 2. The fourth-order valence-corrected chi connectivity index (χ4v) is 2.61. The van der Waals surface area contributed by atoms with Crippen LogP contribution in [0.25, 0.3) is 0 Å². The second kappa shape index (κ2) is 5.85. The minimum atomic E-state index is 0.766. The Hall–Kier alpha value is -0.580. The molecule has 0 aromatic carbocycles. The summed E-state index contributed by atoms with van der Waals surface area (Å²) in [4.78, 5) is 0. The normalized spacial score (nSPS) is 17.6. The molecule has 2 heterocycles. The molecule has 2 rings (SSSR count). The van der Waals surface area contributed by atoms with Gasteiger partial charge in [-0.05, 0) is 19.3 Å². The van der Waals surface area contributed by atoms with Crippen LogP contribution in [-0.4, -0.2) is 27.9 Å². The molecule has 1 N–H and O–H groups in total. The number of rotatable bonds is 4. The van der Waals surface area contributed by atoms with Crippen molar-refractivity contribution in [2.75, 3.05) is 13.1 Å². The highest BCUT2D eigenvalue weighted by atomic mass is 35.5. The number of nitrogens with zero attached hydrogens (tertiary/aromatic N) is 3. The Morgan fingerprint density at radius 2 is 2.00 bits per heavy atom. The number of nitrogens with one attached hydrogen (secondary N) is 1. The summed E-state index contributed by atoms with van der Waals surface area (Å²) in [5.74, 6) is 0. The smallest absolute Gasteiger partial charge is 0.0863 e. The van der Waals surface area contributed by atoms with Gasteiger partial charge in [0.1, 0.15) is 0 Å². The average Bonchev–Trinajstić information content (AvgIpc) is 2.63. The fourth-order valence-electron chi connectivity index (χ4n) is 2.25. The molecule has 0 unspecified atom stereocenters. The van der Waals surface area contributed by atoms with Crippen LogP contribution in [0.5, 0.6) is 0 Å². The number of piperidine rings is 1. The van der Waals surface area contributed by atoms with Gasteiger partial charge in [0.15, 0.2) is 0 Å². The lowest BCUT2D eigenvalue weighted by molar-refractivity contribution is 0.149. The first kappa shape index (κ1) is 12.9. The summed E-state index contributed by atoms with van der Waals surface area (Å²) < 4.78 is 1.89. The van der Waals surface area contributed by atoms with Gasteiger partial charge >= 0.3 is 0 Å². The summed E-state index contributed by atoms with van der Waals surface area (Å²) in [6.07, 6.45) is 4.81. The second-order valence-corrected chi connectivity index (χ2v) is 4.95. The van der Waals surface area contributed by atoms with Crippen LogP contribution >= 0.6 is 11.6 Å². The number of hydrazine groups is 1. The van der Waals surface area contributed by atoms with Gasteiger partial charge in [-0.2, -0.15) is 5.10 Å². The summed E-state index contributed by atoms with van der Waals surface area (Å²) in [7, 11) is 1.96. The second-order valence-electron chi connectivity index (χ2n) is 4.57. The molecule has 4 nitrogen and oxygen atoms in total. The molecule has 1 aromatic heterocycles. The molecule has 17 heavy (non-hydrogen) atoms. The molecular formula is C12H21ClN4. The van der Waals surface area contributed by atoms with Gasteiger partial charge in [-0.1, -0.05) is 24.9 Å². The maximum absolute atomic E-state index is 6.31. The van der Waals surface area contributed by atoms with Gasteiger partial charge in [-0.25, -0.2) is 10.4 Å². The van der Waals surface area contributed by atoms with Gasteiger partial charge in [0.25, 0.3) is 0 Å². The first-order valence-corrected chi connectivity index (χ1v) is 6.79. The van der Waals surface area contributed by atoms with Crippen molar-refractivity contribution in [2.45, 2.75) is 39.2 Å². The molecule has 0 bridgehead atoms. The molecule has 5 heteroatoms. The molecule has 1 aromatic rings. The molecule has 0 saturated carbocycles. The summed E-state index contributed by atoms with van der Waals surface area (Å²) in [5.41, 5.74) is 5.51. The van der Waals surface area contributed by atoms with Gasteiger partial charge < -0.3 is 0 Å². The number of hydrogen-bond donors (Lipinski definition) is 1. The summed E-state index contributed by atoms with van der Waals surface area (Å²) >= 11 is 6.31. The minimum Gasteiger partial charge on any atom is -0.269 e. The Labute approximate surface area is 108 Å². The molecular weight excluding hydrogens is 236 g/mol. The Bertz CT molecular complexity index is 369. The van der Waals surface area contributed by atoms with Crippen LogP contribution in [0.4, 0.5) is 0 Å². The summed E-state index contributed by atoms with van der Waals surface area (Å²) in [6.45, 7) is 5.12. The van der Waals surface area contributed by atoms with Crippen LogP contribution in [-0.2, 0) is 20.0 Å². The van der Waals surface area contributed by atoms with Crippen molar-refractivity contribution in [3.8, 4) is 0 Å². The van der Waals surface area contributed by atoms with E-state index in [1.807, 2.05) is 11.7 Å². The first-order chi connectivity index (χ1) is 8.22. The van der Waals surface area contributed by atoms with Crippen molar-refractivity contribution >= 4 is 11.6 Å². The molecule has 1 fully saturated rings. The molecule has 0 aliphatic carbocycles. The maximum atomic E-state index is 6.31. The van der Waals surface area contributed by atoms with Crippen molar-refractivity contribution in [2.24, 2.45) is 7.05 Å². The van der Waals surface area contributed by atoms with Crippen molar-refractivity contribution in [1.82, 2.24) is 20.2 Å². The fraction of sp³-hybridized carbons (Fsp3) is 0.750. The zero-order chi connectivity index (χ0) is 12.3. The van der Waals surface area contributed by atoms with E-state index in [0.717, 1.165) is 42.5 Å². The van der Waals surface area contributed by atoms with Gasteiger partial charge in [0.2, 0.25) is 0 Å². The third kappa shape index (κ3) is 3.00. The number of hydrogen-bond acceptors (Lipinski definition) is 3. The predicted octanol–water partition coefficient (Wildman–Crippen LogP) is 2.13. The largest absolute Gasteiger partial charge is 0.269 e. The number of halogens is 1. The van der Waals surface area contributed by atoms with Crippen LogP contribution < -0.4 is 5.43 Å². The molecule has 0 amide bonds. The summed E-state index contributed by atoms with van der Waals surface area (Å²) in [6, 6.07) is 0. The van der Waals surface area contributed by atoms with Gasteiger partial charge in [0.05, 0.1) is 23.0 Å². The van der Waals surface area contributed by atoms with E-state index in [9.17, 15) is 0 Å². The van der Waals surface area contributed by atoms with E-state index >= 15 is 0 Å². The van der Waals surface area contributed by atoms with Crippen molar-refractivity contribution in [1.29, 1.82) is 0 Å². The zero-order valence-electron chi connectivity index (χ0n) is 10.7. The standard InChI is InChI=1S/C12H21ClN4/c1-3-10-12(13)11(16(2)15-10)9-14-17-7-5-4-6-8-17/h14H,3-9H2,1-2H3. The van der Waals surface area contributed by atoms with Crippen molar-refractivity contribution in [3.05, 3.63) is 16.4 Å². The molecule has 1 saturated heterocycles. The highest BCUT2D eigenvalue weighted by molar-refractivity contribution is 6.31. The van der Waals surface area contributed by atoms with E-state index in [0.29, 0.717) is 0 Å². The van der Waals surface area contributed by atoms with E-state index in [1.165, 1.54) is 19.3 Å². The molecule has 96 valence electrons. The quantitative estimate of drug-likeness (QED) is 0.896. The Morgan fingerprint density at radius 3 is 2.59 bits per heavy atom. The van der Waals surface area contributed by atoms with E-state index in [4.69, 9.17) is 11.6 Å². The lowest BCUT2D eigenvalue weighted by Crippen LogP contribution is -2.41. The van der Waals surface area contributed by atoms with Crippen LogP contribution in [0.2, 0.25) is 5.02 Å². The van der Waals surface area contributed by atoms with E-state index < -0.39 is 0 Å². The van der Waals surface area contributed by atoms with Crippen molar-refractivity contribution in [3.63, 3.8) is 0 Å². The Balaban J connectivity index is 1.95. The third-order valence-electron chi connectivity index (χ3n) is 3.33. The lowest BCUT2D eigenvalue weighted by atomic mass is 10.2. The van der Waals surface area contributed by atoms with Crippen LogP contribution in [0.15, 0.2) is 0 Å². The van der Waals surface area contributed by atoms with E-state index in [2.05, 4.69) is 22.5 Å². The molecule has 1 aliphatic rings. The van der Waals surface area contributed by atoms with Crippen LogP contribution in [0, 0.1) is 0 Å². The first-order valence-electron chi connectivity index (χ1n) is 6.41. The SMILES string of the molecule is CCc1nn(C)c(CNN2CCCCC2)c1Cl. The molecule has 0 spiro atoms. The predicted molar refractivity (Wildman–Crippen MR) is 69.9 cm³/mol. The molecule has 0 radical (unpaired) electrons. The highest BCUT2D eigenvalue weighted by Gasteiger charge is 2.15. The Kier molecular flexibility index (Phi) is 4.42. The monoisotopic (exact) mass is 256 g/mol. The van der Waals surface area contributed by atoms with E-state index in [1.54, 1.807) is 0 Å². The Morgan fingerprint density at radius 1 is 1.29 bits per heavy atom. The van der Waals surface area contributed by atoms with Gasteiger partial charge in [-0.3, -0.25) is 4.68 Å². The zero-order valence-corrected chi connectivity index (χ0v) is 11.4.